The second-order valence-electron chi connectivity index (χ2n) is 6.70. The minimum absolute atomic E-state index is 0.0217. The van der Waals surface area contributed by atoms with Crippen LogP contribution in [0.4, 0.5) is 26.3 Å². The summed E-state index contributed by atoms with van der Waals surface area (Å²) in [6, 6.07) is 7.24. The van der Waals surface area contributed by atoms with E-state index in [1.54, 1.807) is 0 Å². The van der Waals surface area contributed by atoms with Crippen molar-refractivity contribution in [3.05, 3.63) is 86.2 Å². The zero-order valence-electron chi connectivity index (χ0n) is 17.7. The summed E-state index contributed by atoms with van der Waals surface area (Å²) in [6.07, 6.45) is -5.08. The Balaban J connectivity index is 0.000000540. The Labute approximate surface area is 198 Å². The summed E-state index contributed by atoms with van der Waals surface area (Å²) >= 11 is 6.04. The fourth-order valence-electron chi connectivity index (χ4n) is 2.72. The fraction of sp³-hybridized carbons (Fsp3) is 0.190. The summed E-state index contributed by atoms with van der Waals surface area (Å²) in [5, 5.41) is 6.68. The molecule has 0 atom stereocenters. The highest BCUT2D eigenvalue weighted by molar-refractivity contribution is 6.31. The molecule has 1 aromatic heterocycles. The third-order valence-electron chi connectivity index (χ3n) is 4.32. The van der Waals surface area contributed by atoms with Crippen LogP contribution >= 0.6 is 11.6 Å². The average Bonchev–Trinajstić information content (AvgIpc) is 2.77. The molecule has 2 aromatic carbocycles. The Morgan fingerprint density at radius 1 is 1.14 bits per heavy atom. The molecule has 0 fully saturated rings. The Bertz CT molecular complexity index is 1280. The molecule has 3 aromatic rings. The van der Waals surface area contributed by atoms with Gasteiger partial charge in [0.2, 0.25) is 5.88 Å². The number of hydrogen-bond donors (Lipinski definition) is 2. The molecule has 0 saturated heterocycles. The smallest absolute Gasteiger partial charge is 0.475 e. The van der Waals surface area contributed by atoms with E-state index in [0.717, 1.165) is 16.7 Å². The number of halogens is 7. The maximum Gasteiger partial charge on any atom is 0.490 e. The first kappa shape index (κ1) is 27.7. The highest BCUT2D eigenvalue weighted by atomic mass is 35.5. The number of hydrogen-bond acceptors (Lipinski definition) is 5. The van der Waals surface area contributed by atoms with Gasteiger partial charge in [0.1, 0.15) is 35.6 Å². The minimum Gasteiger partial charge on any atom is -0.475 e. The van der Waals surface area contributed by atoms with Crippen molar-refractivity contribution in [2.45, 2.75) is 26.3 Å². The minimum atomic E-state index is -5.08. The summed E-state index contributed by atoms with van der Waals surface area (Å²) in [7, 11) is 0. The molecule has 0 aliphatic heterocycles. The summed E-state index contributed by atoms with van der Waals surface area (Å²) in [4.78, 5) is 25.5. The third-order valence-corrected chi connectivity index (χ3v) is 4.65. The van der Waals surface area contributed by atoms with Crippen molar-refractivity contribution in [2.24, 2.45) is 5.73 Å². The normalized spacial score (nSPS) is 11.0. The van der Waals surface area contributed by atoms with Crippen LogP contribution in [-0.2, 0) is 17.9 Å². The van der Waals surface area contributed by atoms with Gasteiger partial charge in [-0.3, -0.25) is 9.36 Å². The van der Waals surface area contributed by atoms with E-state index in [-0.39, 0.29) is 24.9 Å². The van der Waals surface area contributed by atoms with Crippen molar-refractivity contribution in [1.29, 1.82) is 0 Å². The Morgan fingerprint density at radius 2 is 1.71 bits per heavy atom. The maximum absolute atomic E-state index is 14.1. The lowest BCUT2D eigenvalue weighted by atomic mass is 10.1. The summed E-state index contributed by atoms with van der Waals surface area (Å²) in [5.41, 5.74) is 5.24. The molecule has 0 aliphatic carbocycles. The van der Waals surface area contributed by atoms with Crippen molar-refractivity contribution in [1.82, 2.24) is 9.55 Å². The molecule has 0 spiro atoms. The molecule has 3 rings (SSSR count). The lowest BCUT2D eigenvalue weighted by molar-refractivity contribution is -0.192. The first-order valence-electron chi connectivity index (χ1n) is 9.41. The quantitative estimate of drug-likeness (QED) is 0.483. The van der Waals surface area contributed by atoms with Crippen LogP contribution in [-0.4, -0.2) is 26.8 Å². The van der Waals surface area contributed by atoms with Crippen LogP contribution < -0.4 is 16.0 Å². The van der Waals surface area contributed by atoms with E-state index in [1.165, 1.54) is 31.2 Å². The maximum atomic E-state index is 14.1. The molecule has 14 heteroatoms. The SMILES string of the molecule is Cc1nc(OCc2ccc(F)cc2CN)c(Cl)c(=O)n1-c1c(F)cccc1F.O=C(O)C(F)(F)F. The zero-order valence-corrected chi connectivity index (χ0v) is 18.4. The molecule has 35 heavy (non-hydrogen) atoms. The van der Waals surface area contributed by atoms with E-state index in [1.807, 2.05) is 0 Å². The monoisotopic (exact) mass is 523 g/mol. The number of alkyl halides is 3. The Kier molecular flexibility index (Phi) is 8.88. The largest absolute Gasteiger partial charge is 0.490 e. The van der Waals surface area contributed by atoms with Crippen LogP contribution in [0, 0.1) is 24.4 Å². The van der Waals surface area contributed by atoms with E-state index in [2.05, 4.69) is 4.98 Å². The van der Waals surface area contributed by atoms with Gasteiger partial charge in [-0.1, -0.05) is 23.7 Å². The summed E-state index contributed by atoms with van der Waals surface area (Å²) in [6.45, 7) is 1.40. The second-order valence-corrected chi connectivity index (χ2v) is 7.08. The number of para-hydroxylation sites is 1. The van der Waals surface area contributed by atoms with Crippen LogP contribution in [0.2, 0.25) is 5.02 Å². The topological polar surface area (TPSA) is 107 Å². The summed E-state index contributed by atoms with van der Waals surface area (Å²) in [5.74, 6) is -5.29. The number of aromatic nitrogens is 2. The number of carboxylic acid groups (broad SMARTS) is 1. The van der Waals surface area contributed by atoms with E-state index < -0.39 is 45.9 Å². The number of carboxylic acids is 1. The van der Waals surface area contributed by atoms with E-state index >= 15 is 0 Å². The van der Waals surface area contributed by atoms with Gasteiger partial charge in [0.05, 0.1) is 0 Å². The van der Waals surface area contributed by atoms with Crippen molar-refractivity contribution in [3.8, 4) is 11.6 Å². The molecular formula is C21H16ClF6N3O4. The number of aliphatic carboxylic acids is 1. The lowest BCUT2D eigenvalue weighted by Crippen LogP contribution is -2.25. The molecular weight excluding hydrogens is 508 g/mol. The second kappa shape index (κ2) is 11.2. The van der Waals surface area contributed by atoms with Crippen molar-refractivity contribution >= 4 is 17.6 Å². The number of nitrogens with zero attached hydrogens (tertiary/aromatic N) is 2. The molecule has 7 nitrogen and oxygen atoms in total. The van der Waals surface area contributed by atoms with Crippen molar-refractivity contribution < 1.29 is 41.0 Å². The number of rotatable bonds is 5. The molecule has 0 radical (unpaired) electrons. The molecule has 1 heterocycles. The molecule has 188 valence electrons. The average molecular weight is 524 g/mol. The van der Waals surface area contributed by atoms with Crippen LogP contribution in [0.1, 0.15) is 17.0 Å². The fourth-order valence-corrected chi connectivity index (χ4v) is 2.90. The van der Waals surface area contributed by atoms with E-state index in [0.29, 0.717) is 11.1 Å². The van der Waals surface area contributed by atoms with E-state index in [4.69, 9.17) is 32.0 Å². The van der Waals surface area contributed by atoms with Crippen molar-refractivity contribution in [3.63, 3.8) is 0 Å². The van der Waals surface area contributed by atoms with Gasteiger partial charge in [-0.05, 0) is 42.3 Å². The number of aryl methyl sites for hydroxylation is 1. The van der Waals surface area contributed by atoms with Crippen molar-refractivity contribution in [2.75, 3.05) is 0 Å². The molecule has 0 aliphatic rings. The van der Waals surface area contributed by atoms with Gasteiger partial charge in [0.25, 0.3) is 5.56 Å². The first-order valence-corrected chi connectivity index (χ1v) is 9.79. The van der Waals surface area contributed by atoms with E-state index in [9.17, 15) is 31.1 Å². The van der Waals surface area contributed by atoms with Crippen LogP contribution in [0.15, 0.2) is 41.2 Å². The van der Waals surface area contributed by atoms with Gasteiger partial charge in [-0.2, -0.15) is 18.2 Å². The Hall–Kier alpha value is -3.58. The number of benzene rings is 2. The first-order chi connectivity index (χ1) is 16.3. The third kappa shape index (κ3) is 6.73. The molecule has 3 N–H and O–H groups in total. The van der Waals surface area contributed by atoms with Gasteiger partial charge in [-0.15, -0.1) is 0 Å². The van der Waals surface area contributed by atoms with Gasteiger partial charge in [0, 0.05) is 6.54 Å². The predicted octanol–water partition coefficient (Wildman–Crippen LogP) is 4.28. The van der Waals surface area contributed by atoms with Gasteiger partial charge in [-0.25, -0.2) is 18.0 Å². The van der Waals surface area contributed by atoms with Gasteiger partial charge < -0.3 is 15.6 Å². The predicted molar refractivity (Wildman–Crippen MR) is 112 cm³/mol. The molecule has 0 saturated carbocycles. The molecule has 0 unspecified atom stereocenters. The highest BCUT2D eigenvalue weighted by Gasteiger charge is 2.38. The van der Waals surface area contributed by atoms with Crippen LogP contribution in [0.3, 0.4) is 0 Å². The standard InChI is InChI=1S/C19H15ClF3N3O2.C2HF3O2/c1-10-25-18(28-9-11-5-6-13(21)7-12(11)8-24)16(20)19(27)26(10)17-14(22)3-2-4-15(17)23;3-2(4,5)1(6)7/h2-7H,8-9,24H2,1H3;(H,6,7). The number of nitrogens with two attached hydrogens (primary N) is 1. The molecule has 0 amide bonds. The number of carbonyl (C=O) groups is 1. The highest BCUT2D eigenvalue weighted by Crippen LogP contribution is 2.24. The molecule has 0 bridgehead atoms. The Morgan fingerprint density at radius 3 is 2.23 bits per heavy atom. The van der Waals surface area contributed by atoms with Crippen LogP contribution in [0.5, 0.6) is 5.88 Å². The van der Waals surface area contributed by atoms with Gasteiger partial charge >= 0.3 is 12.1 Å². The zero-order chi connectivity index (χ0) is 26.5. The number of ether oxygens (including phenoxy) is 1. The summed E-state index contributed by atoms with van der Waals surface area (Å²) < 4.78 is 79.4. The van der Waals surface area contributed by atoms with Crippen LogP contribution in [0.25, 0.3) is 5.69 Å². The van der Waals surface area contributed by atoms with Gasteiger partial charge in [0.15, 0.2) is 5.02 Å². The lowest BCUT2D eigenvalue weighted by Gasteiger charge is -2.15.